The van der Waals surface area contributed by atoms with Crippen LogP contribution in [0.3, 0.4) is 0 Å². The summed E-state index contributed by atoms with van der Waals surface area (Å²) in [5.41, 5.74) is 1.68. The van der Waals surface area contributed by atoms with E-state index in [-0.39, 0.29) is 47.4 Å². The van der Waals surface area contributed by atoms with Crippen LogP contribution in [0.2, 0.25) is 5.02 Å². The first kappa shape index (κ1) is 28.2. The number of ether oxygens (including phenoxy) is 1. The number of oxime groups is 1. The van der Waals surface area contributed by atoms with Gasteiger partial charge in [0, 0.05) is 25.6 Å². The van der Waals surface area contributed by atoms with E-state index in [1.54, 1.807) is 11.0 Å². The minimum atomic E-state index is -0.756. The van der Waals surface area contributed by atoms with Gasteiger partial charge in [0.1, 0.15) is 17.1 Å². The Labute approximate surface area is 233 Å². The molecule has 1 fully saturated rings. The number of piperidine rings is 1. The summed E-state index contributed by atoms with van der Waals surface area (Å²) in [6.45, 7) is 1.20. The van der Waals surface area contributed by atoms with Gasteiger partial charge in [-0.25, -0.2) is 4.79 Å². The molecule has 0 radical (unpaired) electrons. The Morgan fingerprint density at radius 2 is 1.77 bits per heavy atom. The maximum atomic E-state index is 12.8. The molecule has 1 saturated heterocycles. The molecule has 9 heteroatoms. The van der Waals surface area contributed by atoms with Gasteiger partial charge in [-0.1, -0.05) is 65.3 Å². The van der Waals surface area contributed by atoms with Crippen molar-refractivity contribution < 1.29 is 29.4 Å². The molecule has 0 aliphatic carbocycles. The number of amides is 1. The zero-order valence-corrected chi connectivity index (χ0v) is 22.5. The Bertz CT molecular complexity index is 1250. The number of allylic oxidation sites excluding steroid dienone is 3. The van der Waals surface area contributed by atoms with Crippen LogP contribution in [0.25, 0.3) is 0 Å². The van der Waals surface area contributed by atoms with Crippen LogP contribution in [0.5, 0.6) is 11.5 Å². The monoisotopic (exact) mass is 552 g/mol. The minimum Gasteiger partial charge on any atom is -0.507 e. The highest BCUT2D eigenvalue weighted by molar-refractivity contribution is 6.33. The number of likely N-dealkylation sites (tertiary alicyclic amines) is 1. The van der Waals surface area contributed by atoms with Gasteiger partial charge >= 0.3 is 5.97 Å². The zero-order chi connectivity index (χ0) is 27.6. The highest BCUT2D eigenvalue weighted by Gasteiger charge is 2.26. The summed E-state index contributed by atoms with van der Waals surface area (Å²) in [5.74, 6) is -1.29. The molecule has 2 aliphatic rings. The van der Waals surface area contributed by atoms with Crippen molar-refractivity contribution in [3.05, 3.63) is 82.4 Å². The van der Waals surface area contributed by atoms with Crippen molar-refractivity contribution in [2.45, 2.75) is 44.4 Å². The van der Waals surface area contributed by atoms with Gasteiger partial charge in [-0.2, -0.15) is 0 Å². The summed E-state index contributed by atoms with van der Waals surface area (Å²) in [6, 6.07) is 11.3. The summed E-state index contributed by atoms with van der Waals surface area (Å²) in [4.78, 5) is 32.8. The van der Waals surface area contributed by atoms with Gasteiger partial charge in [-0.05, 0) is 55.2 Å². The van der Waals surface area contributed by atoms with Crippen LogP contribution in [0.15, 0.2) is 65.9 Å². The molecule has 2 N–H and O–H groups in total. The molecule has 0 unspecified atom stereocenters. The third-order valence-electron chi connectivity index (χ3n) is 6.87. The SMILES string of the molecule is O=C1OCCC=CCCC=CC(=NOCC(=O)N2CCC(c3ccccc3)CC2)Cc2c(Cl)c(O)cc(O)c21. The van der Waals surface area contributed by atoms with E-state index in [0.717, 1.165) is 31.7 Å². The molecule has 2 heterocycles. The van der Waals surface area contributed by atoms with E-state index >= 15 is 0 Å². The third kappa shape index (κ3) is 7.63. The van der Waals surface area contributed by atoms with E-state index in [9.17, 15) is 19.8 Å². The van der Waals surface area contributed by atoms with Crippen LogP contribution < -0.4 is 0 Å². The van der Waals surface area contributed by atoms with Crippen molar-refractivity contribution in [3.8, 4) is 11.5 Å². The fraction of sp³-hybridized carbons (Fsp3) is 0.367. The lowest BCUT2D eigenvalue weighted by Crippen LogP contribution is -2.39. The third-order valence-corrected chi connectivity index (χ3v) is 7.29. The molecule has 0 saturated carbocycles. The van der Waals surface area contributed by atoms with Crippen LogP contribution in [-0.4, -0.2) is 59.0 Å². The van der Waals surface area contributed by atoms with Crippen molar-refractivity contribution in [3.63, 3.8) is 0 Å². The Morgan fingerprint density at radius 3 is 2.54 bits per heavy atom. The van der Waals surface area contributed by atoms with E-state index in [1.807, 2.05) is 36.4 Å². The number of phenolic OH excluding ortho intramolecular Hbond substituents is 2. The molecule has 206 valence electrons. The summed E-state index contributed by atoms with van der Waals surface area (Å²) >= 11 is 6.35. The zero-order valence-electron chi connectivity index (χ0n) is 21.7. The predicted molar refractivity (Wildman–Crippen MR) is 149 cm³/mol. The number of fused-ring (bicyclic) bond motifs is 1. The molecule has 1 amide bonds. The summed E-state index contributed by atoms with van der Waals surface area (Å²) in [7, 11) is 0. The number of hydrogen-bond donors (Lipinski definition) is 2. The van der Waals surface area contributed by atoms with Crippen molar-refractivity contribution in [2.24, 2.45) is 5.16 Å². The van der Waals surface area contributed by atoms with Crippen molar-refractivity contribution >= 4 is 29.2 Å². The second-order valence-electron chi connectivity index (χ2n) is 9.56. The molecule has 2 aliphatic heterocycles. The average Bonchev–Trinajstić information content (AvgIpc) is 2.94. The maximum absolute atomic E-state index is 12.8. The molecule has 0 aromatic heterocycles. The second kappa shape index (κ2) is 13.8. The van der Waals surface area contributed by atoms with E-state index in [1.165, 1.54) is 5.56 Å². The van der Waals surface area contributed by atoms with Crippen LogP contribution in [0.4, 0.5) is 0 Å². The van der Waals surface area contributed by atoms with Crippen LogP contribution in [0.1, 0.15) is 59.5 Å². The normalized spacial score (nSPS) is 18.3. The molecule has 8 nitrogen and oxygen atoms in total. The number of esters is 1. The van der Waals surface area contributed by atoms with Gasteiger partial charge in [0.05, 0.1) is 17.3 Å². The van der Waals surface area contributed by atoms with Gasteiger partial charge < -0.3 is 24.7 Å². The molecule has 39 heavy (non-hydrogen) atoms. The number of halogens is 1. The van der Waals surface area contributed by atoms with Crippen molar-refractivity contribution in [1.82, 2.24) is 4.90 Å². The number of nitrogens with zero attached hydrogens (tertiary/aromatic N) is 2. The Kier molecular flexibility index (Phi) is 10.0. The second-order valence-corrected chi connectivity index (χ2v) is 9.93. The first-order chi connectivity index (χ1) is 18.9. The first-order valence-corrected chi connectivity index (χ1v) is 13.6. The number of cyclic esters (lactones) is 1. The quantitative estimate of drug-likeness (QED) is 0.293. The van der Waals surface area contributed by atoms with E-state index in [2.05, 4.69) is 17.3 Å². The molecular weight excluding hydrogens is 520 g/mol. The van der Waals surface area contributed by atoms with Crippen LogP contribution >= 0.6 is 11.6 Å². The fourth-order valence-electron chi connectivity index (χ4n) is 4.77. The van der Waals surface area contributed by atoms with Gasteiger partial charge in [0.2, 0.25) is 0 Å². The highest BCUT2D eigenvalue weighted by Crippen LogP contribution is 2.37. The number of benzene rings is 2. The topological polar surface area (TPSA) is 109 Å². The number of phenols is 2. The molecule has 2 aromatic carbocycles. The summed E-state index contributed by atoms with van der Waals surface area (Å²) in [5, 5.41) is 24.7. The van der Waals surface area contributed by atoms with E-state index in [0.29, 0.717) is 31.1 Å². The Morgan fingerprint density at radius 1 is 1.05 bits per heavy atom. The molecular formula is C30H33ClN2O6. The lowest BCUT2D eigenvalue weighted by molar-refractivity contribution is -0.137. The smallest absolute Gasteiger partial charge is 0.342 e. The van der Waals surface area contributed by atoms with Crippen LogP contribution in [0, 0.1) is 0 Å². The molecule has 0 spiro atoms. The maximum Gasteiger partial charge on any atom is 0.342 e. The number of carbonyl (C=O) groups is 2. The van der Waals surface area contributed by atoms with Crippen molar-refractivity contribution in [2.75, 3.05) is 26.3 Å². The number of aromatic hydroxyl groups is 2. The van der Waals surface area contributed by atoms with Gasteiger partial charge in [-0.3, -0.25) is 4.79 Å². The highest BCUT2D eigenvalue weighted by atomic mass is 35.5. The number of rotatable bonds is 4. The molecule has 2 aromatic rings. The fourth-order valence-corrected chi connectivity index (χ4v) is 4.98. The largest absolute Gasteiger partial charge is 0.507 e. The predicted octanol–water partition coefficient (Wildman–Crippen LogP) is 5.53. The van der Waals surface area contributed by atoms with E-state index in [4.69, 9.17) is 21.2 Å². The lowest BCUT2D eigenvalue weighted by atomic mass is 9.89. The number of hydrogen-bond acceptors (Lipinski definition) is 7. The Balaban J connectivity index is 1.46. The summed E-state index contributed by atoms with van der Waals surface area (Å²) < 4.78 is 5.31. The first-order valence-electron chi connectivity index (χ1n) is 13.2. The van der Waals surface area contributed by atoms with Gasteiger partial charge in [-0.15, -0.1) is 0 Å². The average molecular weight is 553 g/mol. The van der Waals surface area contributed by atoms with Gasteiger partial charge in [0.25, 0.3) is 5.91 Å². The lowest BCUT2D eigenvalue weighted by Gasteiger charge is -2.32. The minimum absolute atomic E-state index is 0.0335. The standard InChI is InChI=1S/C30H33ClN2O6/c31-29-24-18-23(12-8-3-1-2-4-9-17-38-30(37)28(24)25(34)19-26(29)35)32-39-20-27(36)33-15-13-22(14-16-33)21-10-6-5-7-11-21/h2,4-8,10-12,19,22,34-35H,1,3,9,13-18,20H2. The molecule has 0 bridgehead atoms. The van der Waals surface area contributed by atoms with Crippen molar-refractivity contribution in [1.29, 1.82) is 0 Å². The number of carbonyl (C=O) groups excluding carboxylic acids is 2. The van der Waals surface area contributed by atoms with Crippen LogP contribution in [-0.2, 0) is 20.8 Å². The van der Waals surface area contributed by atoms with Gasteiger partial charge in [0.15, 0.2) is 6.61 Å². The Hall–Kier alpha value is -3.78. The molecule has 4 rings (SSSR count). The summed E-state index contributed by atoms with van der Waals surface area (Å²) in [6.07, 6.45) is 11.3. The molecule has 0 atom stereocenters. The van der Waals surface area contributed by atoms with E-state index < -0.39 is 11.7 Å².